The van der Waals surface area contributed by atoms with E-state index in [0.29, 0.717) is 0 Å². The number of hydrogen-bond acceptors (Lipinski definition) is 2. The summed E-state index contributed by atoms with van der Waals surface area (Å²) >= 11 is 8.18. The van der Waals surface area contributed by atoms with Crippen molar-refractivity contribution in [3.05, 3.63) is 34.9 Å². The average molecular weight is 292 g/mol. The van der Waals surface area contributed by atoms with Crippen LogP contribution in [-0.4, -0.2) is 24.1 Å². The van der Waals surface area contributed by atoms with E-state index < -0.39 is 0 Å². The Morgan fingerprint density at radius 1 is 1.24 bits per heavy atom. The predicted molar refractivity (Wildman–Crippen MR) is 80.8 cm³/mol. The zero-order valence-corrected chi connectivity index (χ0v) is 12.2. The fraction of sp³-hybridized carbons (Fsp3) is 0.538. The molecule has 1 nitrogen and oxygen atoms in total. The monoisotopic (exact) mass is 291 g/mol. The van der Waals surface area contributed by atoms with Crippen molar-refractivity contribution in [2.75, 3.05) is 18.1 Å². The van der Waals surface area contributed by atoms with Crippen molar-refractivity contribution in [3.8, 4) is 0 Å². The van der Waals surface area contributed by atoms with Crippen LogP contribution in [0.3, 0.4) is 0 Å². The van der Waals surface area contributed by atoms with E-state index in [1.165, 1.54) is 29.9 Å². The maximum atomic E-state index is 6.11. The van der Waals surface area contributed by atoms with Gasteiger partial charge < -0.3 is 5.32 Å². The Morgan fingerprint density at radius 2 is 1.94 bits per heavy atom. The second kappa shape index (κ2) is 8.25. The van der Waals surface area contributed by atoms with Crippen molar-refractivity contribution in [3.63, 3.8) is 0 Å². The molecule has 96 valence electrons. The zero-order chi connectivity index (χ0) is 11.2. The first-order valence-electron chi connectivity index (χ1n) is 5.91. The van der Waals surface area contributed by atoms with Crippen LogP contribution in [0.5, 0.6) is 0 Å². The molecule has 1 heterocycles. The van der Waals surface area contributed by atoms with Crippen LogP contribution in [-0.2, 0) is 6.42 Å². The highest BCUT2D eigenvalue weighted by atomic mass is 35.5. The second-order valence-electron chi connectivity index (χ2n) is 4.18. The minimum Gasteiger partial charge on any atom is -0.314 e. The van der Waals surface area contributed by atoms with Crippen LogP contribution >= 0.6 is 35.8 Å². The predicted octanol–water partition coefficient (Wildman–Crippen LogP) is 3.79. The van der Waals surface area contributed by atoms with Crippen molar-refractivity contribution in [2.45, 2.75) is 25.3 Å². The number of rotatable bonds is 4. The molecule has 0 saturated carbocycles. The molecule has 0 aliphatic carbocycles. The minimum atomic E-state index is 0. The fourth-order valence-electron chi connectivity index (χ4n) is 2.01. The summed E-state index contributed by atoms with van der Waals surface area (Å²) in [4.78, 5) is 0. The molecule has 2 rings (SSSR count). The summed E-state index contributed by atoms with van der Waals surface area (Å²) in [7, 11) is 0. The minimum absolute atomic E-state index is 0. The normalized spacial score (nSPS) is 16.5. The molecule has 1 aromatic carbocycles. The molecule has 4 heteroatoms. The van der Waals surface area contributed by atoms with E-state index in [-0.39, 0.29) is 12.4 Å². The highest BCUT2D eigenvalue weighted by molar-refractivity contribution is 7.99. The van der Waals surface area contributed by atoms with Gasteiger partial charge in [0, 0.05) is 11.1 Å². The standard InChI is InChI=1S/C13H18ClNS.ClH/c14-13-4-2-1-3-11(13)5-8-15-12-6-9-16-10-7-12;/h1-4,12,15H,5-10H2;1H. The molecule has 0 unspecified atom stereocenters. The highest BCUT2D eigenvalue weighted by Gasteiger charge is 2.12. The number of nitrogens with one attached hydrogen (secondary N) is 1. The summed E-state index contributed by atoms with van der Waals surface area (Å²) < 4.78 is 0. The van der Waals surface area contributed by atoms with Gasteiger partial charge in [-0.25, -0.2) is 0 Å². The quantitative estimate of drug-likeness (QED) is 0.906. The smallest absolute Gasteiger partial charge is 0.0438 e. The molecule has 0 bridgehead atoms. The van der Waals surface area contributed by atoms with Crippen molar-refractivity contribution in [2.24, 2.45) is 0 Å². The molecule has 1 fully saturated rings. The Labute approximate surface area is 119 Å². The molecule has 1 N–H and O–H groups in total. The van der Waals surface area contributed by atoms with Gasteiger partial charge in [-0.05, 0) is 48.9 Å². The summed E-state index contributed by atoms with van der Waals surface area (Å²) in [6, 6.07) is 8.84. The van der Waals surface area contributed by atoms with Gasteiger partial charge in [-0.15, -0.1) is 12.4 Å². The first kappa shape index (κ1) is 15.2. The Bertz CT molecular complexity index is 327. The second-order valence-corrected chi connectivity index (χ2v) is 5.81. The van der Waals surface area contributed by atoms with E-state index in [1.54, 1.807) is 0 Å². The SMILES string of the molecule is Cl.Clc1ccccc1CCNC1CCSCC1. The van der Waals surface area contributed by atoms with E-state index in [4.69, 9.17) is 11.6 Å². The molecule has 0 amide bonds. The lowest BCUT2D eigenvalue weighted by Gasteiger charge is -2.22. The maximum absolute atomic E-state index is 6.11. The topological polar surface area (TPSA) is 12.0 Å². The molecule has 0 aromatic heterocycles. The lowest BCUT2D eigenvalue weighted by Crippen LogP contribution is -2.33. The first-order valence-corrected chi connectivity index (χ1v) is 7.44. The van der Waals surface area contributed by atoms with E-state index in [0.717, 1.165) is 24.0 Å². The highest BCUT2D eigenvalue weighted by Crippen LogP contribution is 2.18. The molecule has 1 aliphatic rings. The van der Waals surface area contributed by atoms with E-state index in [2.05, 4.69) is 29.2 Å². The maximum Gasteiger partial charge on any atom is 0.0438 e. The molecule has 0 radical (unpaired) electrons. The van der Waals surface area contributed by atoms with E-state index in [1.807, 2.05) is 12.1 Å². The summed E-state index contributed by atoms with van der Waals surface area (Å²) in [5, 5.41) is 4.52. The third-order valence-electron chi connectivity index (χ3n) is 3.01. The van der Waals surface area contributed by atoms with Crippen LogP contribution < -0.4 is 5.32 Å². The largest absolute Gasteiger partial charge is 0.314 e. The van der Waals surface area contributed by atoms with Gasteiger partial charge in [0.2, 0.25) is 0 Å². The number of hydrogen-bond donors (Lipinski definition) is 1. The van der Waals surface area contributed by atoms with Gasteiger partial charge in [-0.3, -0.25) is 0 Å². The summed E-state index contributed by atoms with van der Waals surface area (Å²) in [5.74, 6) is 2.62. The van der Waals surface area contributed by atoms with Gasteiger partial charge in [-0.2, -0.15) is 11.8 Å². The summed E-state index contributed by atoms with van der Waals surface area (Å²) in [6.07, 6.45) is 3.66. The Kier molecular flexibility index (Phi) is 7.36. The molecule has 1 aliphatic heterocycles. The third-order valence-corrected chi connectivity index (χ3v) is 4.42. The lowest BCUT2D eigenvalue weighted by atomic mass is 10.1. The molecule has 1 aromatic rings. The lowest BCUT2D eigenvalue weighted by molar-refractivity contribution is 0.486. The number of benzene rings is 1. The van der Waals surface area contributed by atoms with Gasteiger partial charge in [-0.1, -0.05) is 29.8 Å². The van der Waals surface area contributed by atoms with Crippen molar-refractivity contribution in [1.82, 2.24) is 5.32 Å². The van der Waals surface area contributed by atoms with Crippen LogP contribution in [0, 0.1) is 0 Å². The molecule has 17 heavy (non-hydrogen) atoms. The summed E-state index contributed by atoms with van der Waals surface area (Å²) in [6.45, 7) is 1.04. The molecule has 0 spiro atoms. The van der Waals surface area contributed by atoms with Crippen LogP contribution in [0.1, 0.15) is 18.4 Å². The third kappa shape index (κ3) is 5.09. The van der Waals surface area contributed by atoms with Crippen LogP contribution in [0.4, 0.5) is 0 Å². The fourth-order valence-corrected chi connectivity index (χ4v) is 3.35. The Morgan fingerprint density at radius 3 is 2.65 bits per heavy atom. The van der Waals surface area contributed by atoms with Gasteiger partial charge >= 0.3 is 0 Å². The van der Waals surface area contributed by atoms with Crippen molar-refractivity contribution in [1.29, 1.82) is 0 Å². The van der Waals surface area contributed by atoms with Crippen molar-refractivity contribution >= 4 is 35.8 Å². The van der Waals surface area contributed by atoms with Crippen molar-refractivity contribution < 1.29 is 0 Å². The van der Waals surface area contributed by atoms with Gasteiger partial charge in [0.15, 0.2) is 0 Å². The molecule has 0 atom stereocenters. The van der Waals surface area contributed by atoms with E-state index >= 15 is 0 Å². The van der Waals surface area contributed by atoms with Crippen LogP contribution in [0.25, 0.3) is 0 Å². The number of thioether (sulfide) groups is 1. The zero-order valence-electron chi connectivity index (χ0n) is 9.82. The Hall–Kier alpha value is 0.110. The first-order chi connectivity index (χ1) is 7.86. The van der Waals surface area contributed by atoms with Gasteiger partial charge in [0.05, 0.1) is 0 Å². The van der Waals surface area contributed by atoms with Crippen LogP contribution in [0.2, 0.25) is 5.02 Å². The number of halogens is 2. The van der Waals surface area contributed by atoms with Crippen LogP contribution in [0.15, 0.2) is 24.3 Å². The molecular formula is C13H19Cl2NS. The summed E-state index contributed by atoms with van der Waals surface area (Å²) in [5.41, 5.74) is 1.25. The van der Waals surface area contributed by atoms with Gasteiger partial charge in [0.1, 0.15) is 0 Å². The average Bonchev–Trinajstić information content (AvgIpc) is 2.33. The van der Waals surface area contributed by atoms with E-state index in [9.17, 15) is 0 Å². The molecular weight excluding hydrogens is 273 g/mol. The molecule has 1 saturated heterocycles. The Balaban J connectivity index is 0.00000144. The van der Waals surface area contributed by atoms with Gasteiger partial charge in [0.25, 0.3) is 0 Å².